The lowest BCUT2D eigenvalue weighted by Gasteiger charge is -2.28. The van der Waals surface area contributed by atoms with Crippen LogP contribution in [0.25, 0.3) is 0 Å². The summed E-state index contributed by atoms with van der Waals surface area (Å²) in [4.78, 5) is 0.507. The van der Waals surface area contributed by atoms with Gasteiger partial charge in [-0.05, 0) is 35.7 Å². The molecule has 0 aromatic heterocycles. The third-order valence-electron chi connectivity index (χ3n) is 3.12. The number of aliphatic hydroxyl groups is 1. The zero-order valence-corrected chi connectivity index (χ0v) is 11.0. The average molecular weight is 262 g/mol. The second-order valence-corrected chi connectivity index (χ2v) is 4.79. The molecule has 2 aromatic rings. The van der Waals surface area contributed by atoms with E-state index in [0.29, 0.717) is 16.9 Å². The van der Waals surface area contributed by atoms with Crippen molar-refractivity contribution >= 4 is 12.6 Å². The smallest absolute Gasteiger partial charge is 0.124 e. The SMILES string of the molecule is CCC(O)(c1ccccc1)c1cc(F)cc(S)c1. The molecule has 3 heteroatoms. The molecular weight excluding hydrogens is 247 g/mol. The summed E-state index contributed by atoms with van der Waals surface area (Å²) in [7, 11) is 0. The van der Waals surface area contributed by atoms with Crippen LogP contribution < -0.4 is 0 Å². The van der Waals surface area contributed by atoms with E-state index in [9.17, 15) is 9.50 Å². The van der Waals surface area contributed by atoms with E-state index in [1.165, 1.54) is 12.1 Å². The van der Waals surface area contributed by atoms with Gasteiger partial charge in [0.15, 0.2) is 0 Å². The number of halogens is 1. The van der Waals surface area contributed by atoms with Gasteiger partial charge in [-0.2, -0.15) is 0 Å². The Morgan fingerprint density at radius 3 is 2.33 bits per heavy atom. The summed E-state index contributed by atoms with van der Waals surface area (Å²) in [5.41, 5.74) is 0.105. The summed E-state index contributed by atoms with van der Waals surface area (Å²) in [6, 6.07) is 13.7. The number of hydrogen-bond donors (Lipinski definition) is 2. The Balaban J connectivity index is 2.56. The van der Waals surface area contributed by atoms with Gasteiger partial charge in [-0.1, -0.05) is 37.3 Å². The summed E-state index contributed by atoms with van der Waals surface area (Å²) in [6.07, 6.45) is 0.466. The first-order valence-electron chi connectivity index (χ1n) is 5.84. The topological polar surface area (TPSA) is 20.2 Å². The Hall–Kier alpha value is -1.32. The molecule has 1 N–H and O–H groups in total. The van der Waals surface area contributed by atoms with Crippen molar-refractivity contribution in [3.05, 3.63) is 65.5 Å². The predicted molar refractivity (Wildman–Crippen MR) is 73.4 cm³/mol. The van der Waals surface area contributed by atoms with Crippen molar-refractivity contribution in [3.8, 4) is 0 Å². The number of benzene rings is 2. The third-order valence-corrected chi connectivity index (χ3v) is 3.38. The van der Waals surface area contributed by atoms with Crippen molar-refractivity contribution in [2.24, 2.45) is 0 Å². The molecule has 0 radical (unpaired) electrons. The van der Waals surface area contributed by atoms with Crippen LogP contribution in [-0.2, 0) is 5.60 Å². The Morgan fingerprint density at radius 2 is 1.78 bits per heavy atom. The van der Waals surface area contributed by atoms with Crippen LogP contribution in [0.15, 0.2) is 53.4 Å². The molecule has 0 aliphatic heterocycles. The summed E-state index contributed by atoms with van der Waals surface area (Å²) in [6.45, 7) is 1.87. The van der Waals surface area contributed by atoms with Gasteiger partial charge in [0.1, 0.15) is 11.4 Å². The van der Waals surface area contributed by atoms with Crippen molar-refractivity contribution in [3.63, 3.8) is 0 Å². The first-order valence-corrected chi connectivity index (χ1v) is 6.29. The fourth-order valence-electron chi connectivity index (χ4n) is 2.10. The van der Waals surface area contributed by atoms with E-state index in [-0.39, 0.29) is 5.82 Å². The maximum Gasteiger partial charge on any atom is 0.124 e. The van der Waals surface area contributed by atoms with E-state index in [0.717, 1.165) is 5.56 Å². The van der Waals surface area contributed by atoms with Crippen LogP contribution in [0.3, 0.4) is 0 Å². The first kappa shape index (κ1) is 13.1. The van der Waals surface area contributed by atoms with Crippen LogP contribution in [0.5, 0.6) is 0 Å². The zero-order valence-electron chi connectivity index (χ0n) is 10.1. The van der Waals surface area contributed by atoms with Crippen molar-refractivity contribution in [1.82, 2.24) is 0 Å². The Labute approximate surface area is 112 Å². The van der Waals surface area contributed by atoms with Gasteiger partial charge in [0.2, 0.25) is 0 Å². The minimum atomic E-state index is -1.18. The van der Waals surface area contributed by atoms with Crippen LogP contribution in [-0.4, -0.2) is 5.11 Å². The largest absolute Gasteiger partial charge is 0.380 e. The van der Waals surface area contributed by atoms with E-state index in [1.807, 2.05) is 37.3 Å². The predicted octanol–water partition coefficient (Wildman–Crippen LogP) is 3.76. The molecule has 2 rings (SSSR count). The van der Waals surface area contributed by atoms with Gasteiger partial charge >= 0.3 is 0 Å². The molecule has 0 heterocycles. The van der Waals surface area contributed by atoms with Crippen molar-refractivity contribution in [2.45, 2.75) is 23.8 Å². The van der Waals surface area contributed by atoms with Gasteiger partial charge in [0.05, 0.1) is 0 Å². The number of hydrogen-bond acceptors (Lipinski definition) is 2. The standard InChI is InChI=1S/C15H15FOS/c1-2-15(17,11-6-4-3-5-7-11)12-8-13(16)10-14(18)9-12/h3-10,17-18H,2H2,1H3. The lowest BCUT2D eigenvalue weighted by Crippen LogP contribution is -2.26. The Kier molecular flexibility index (Phi) is 3.73. The zero-order chi connectivity index (χ0) is 13.2. The summed E-state index contributed by atoms with van der Waals surface area (Å²) in [5, 5.41) is 10.8. The molecule has 1 unspecified atom stereocenters. The lowest BCUT2D eigenvalue weighted by molar-refractivity contribution is 0.0759. The maximum absolute atomic E-state index is 13.5. The molecule has 0 saturated heterocycles. The fourth-order valence-corrected chi connectivity index (χ4v) is 2.36. The number of thiol groups is 1. The van der Waals surface area contributed by atoms with E-state index in [1.54, 1.807) is 6.07 Å². The van der Waals surface area contributed by atoms with Crippen molar-refractivity contribution in [1.29, 1.82) is 0 Å². The van der Waals surface area contributed by atoms with E-state index >= 15 is 0 Å². The van der Waals surface area contributed by atoms with Crippen LogP contribution in [0.4, 0.5) is 4.39 Å². The van der Waals surface area contributed by atoms with E-state index in [4.69, 9.17) is 0 Å². The minimum absolute atomic E-state index is 0.389. The molecule has 0 aliphatic carbocycles. The van der Waals surface area contributed by atoms with Gasteiger partial charge in [-0.15, -0.1) is 12.6 Å². The van der Waals surface area contributed by atoms with Crippen LogP contribution >= 0.6 is 12.6 Å². The highest BCUT2D eigenvalue weighted by Gasteiger charge is 2.29. The fraction of sp³-hybridized carbons (Fsp3) is 0.200. The van der Waals surface area contributed by atoms with Crippen LogP contribution in [0.1, 0.15) is 24.5 Å². The van der Waals surface area contributed by atoms with E-state index in [2.05, 4.69) is 12.6 Å². The molecule has 18 heavy (non-hydrogen) atoms. The molecule has 0 bridgehead atoms. The highest BCUT2D eigenvalue weighted by atomic mass is 32.1. The van der Waals surface area contributed by atoms with Crippen LogP contribution in [0.2, 0.25) is 0 Å². The third kappa shape index (κ3) is 2.42. The summed E-state index contributed by atoms with van der Waals surface area (Å²) >= 11 is 4.16. The van der Waals surface area contributed by atoms with Crippen molar-refractivity contribution in [2.75, 3.05) is 0 Å². The maximum atomic E-state index is 13.5. The highest BCUT2D eigenvalue weighted by molar-refractivity contribution is 7.80. The molecule has 0 spiro atoms. The quantitative estimate of drug-likeness (QED) is 0.807. The minimum Gasteiger partial charge on any atom is -0.380 e. The molecule has 2 aromatic carbocycles. The summed E-state index contributed by atoms with van der Waals surface area (Å²) in [5.74, 6) is -0.389. The molecule has 1 atom stereocenters. The molecule has 0 saturated carbocycles. The van der Waals surface area contributed by atoms with Gasteiger partial charge in [0, 0.05) is 4.90 Å². The highest BCUT2D eigenvalue weighted by Crippen LogP contribution is 2.34. The van der Waals surface area contributed by atoms with Gasteiger partial charge in [-0.3, -0.25) is 0 Å². The first-order chi connectivity index (χ1) is 8.56. The molecule has 0 aliphatic rings. The van der Waals surface area contributed by atoms with Gasteiger partial charge < -0.3 is 5.11 Å². The average Bonchev–Trinajstić information content (AvgIpc) is 2.37. The normalized spacial score (nSPS) is 14.2. The second kappa shape index (κ2) is 5.12. The Morgan fingerprint density at radius 1 is 1.11 bits per heavy atom. The van der Waals surface area contributed by atoms with Gasteiger partial charge in [0.25, 0.3) is 0 Å². The Bertz CT molecular complexity index is 521. The molecule has 0 amide bonds. The molecule has 0 fully saturated rings. The van der Waals surface area contributed by atoms with E-state index < -0.39 is 5.60 Å². The van der Waals surface area contributed by atoms with Crippen LogP contribution in [0, 0.1) is 5.82 Å². The lowest BCUT2D eigenvalue weighted by atomic mass is 9.84. The molecular formula is C15H15FOS. The van der Waals surface area contributed by atoms with Gasteiger partial charge in [-0.25, -0.2) is 4.39 Å². The monoisotopic (exact) mass is 262 g/mol. The number of rotatable bonds is 3. The molecule has 1 nitrogen and oxygen atoms in total. The molecule has 94 valence electrons. The van der Waals surface area contributed by atoms with Crippen molar-refractivity contribution < 1.29 is 9.50 Å². The summed E-state index contributed by atoms with van der Waals surface area (Å²) < 4.78 is 13.5. The second-order valence-electron chi connectivity index (χ2n) is 4.28.